The fraction of sp³-hybridized carbons (Fsp3) is 0.833. The predicted octanol–water partition coefficient (Wildman–Crippen LogP) is -2.09. The van der Waals surface area contributed by atoms with Gasteiger partial charge in [-0.2, -0.15) is 0 Å². The molecule has 0 aromatic heterocycles. The maximum Gasteiger partial charge on any atom is 0.238 e. The molecular formula is C12H22N4O3. The summed E-state index contributed by atoms with van der Waals surface area (Å²) in [4.78, 5) is 25.1. The van der Waals surface area contributed by atoms with Gasteiger partial charge in [0.15, 0.2) is 0 Å². The quantitative estimate of drug-likeness (QED) is 0.499. The highest BCUT2D eigenvalue weighted by molar-refractivity contribution is 5.86. The number of carbonyl (C=O) groups excluding carboxylic acids is 2. The minimum atomic E-state index is -0.305. The number of hydrogen-bond donors (Lipinski definition) is 3. The van der Waals surface area contributed by atoms with Crippen LogP contribution in [-0.4, -0.2) is 75.2 Å². The Kier molecular flexibility index (Phi) is 5.56. The Morgan fingerprint density at radius 3 is 2.89 bits per heavy atom. The number of hydrogen-bond acceptors (Lipinski definition) is 5. The molecule has 19 heavy (non-hydrogen) atoms. The molecule has 0 saturated carbocycles. The molecule has 1 unspecified atom stereocenters. The average molecular weight is 270 g/mol. The van der Waals surface area contributed by atoms with Crippen LogP contribution >= 0.6 is 0 Å². The van der Waals surface area contributed by atoms with E-state index in [9.17, 15) is 9.59 Å². The number of nitrogens with one attached hydrogen (secondary N) is 3. The van der Waals surface area contributed by atoms with Gasteiger partial charge in [-0.1, -0.05) is 0 Å². The second kappa shape index (κ2) is 7.42. The molecule has 1 atom stereocenters. The van der Waals surface area contributed by atoms with Crippen LogP contribution < -0.4 is 16.0 Å². The maximum atomic E-state index is 11.8. The van der Waals surface area contributed by atoms with Crippen molar-refractivity contribution in [3.05, 3.63) is 0 Å². The van der Waals surface area contributed by atoms with E-state index in [1.165, 1.54) is 0 Å². The van der Waals surface area contributed by atoms with Gasteiger partial charge in [0.1, 0.15) is 6.04 Å². The molecule has 0 aliphatic carbocycles. The Morgan fingerprint density at radius 1 is 1.42 bits per heavy atom. The van der Waals surface area contributed by atoms with Crippen LogP contribution in [0.3, 0.4) is 0 Å². The fourth-order valence-electron chi connectivity index (χ4n) is 2.21. The van der Waals surface area contributed by atoms with Crippen molar-refractivity contribution in [2.24, 2.45) is 0 Å². The first kappa shape index (κ1) is 14.2. The monoisotopic (exact) mass is 270 g/mol. The Labute approximate surface area is 113 Å². The van der Waals surface area contributed by atoms with Crippen LogP contribution in [0, 0.1) is 0 Å². The lowest BCUT2D eigenvalue weighted by atomic mass is 10.2. The van der Waals surface area contributed by atoms with E-state index in [-0.39, 0.29) is 24.4 Å². The lowest BCUT2D eigenvalue weighted by Gasteiger charge is -2.27. The second-order valence-electron chi connectivity index (χ2n) is 4.84. The van der Waals surface area contributed by atoms with Crippen LogP contribution in [0.2, 0.25) is 0 Å². The molecule has 2 saturated heterocycles. The molecule has 2 aliphatic rings. The molecule has 2 rings (SSSR count). The molecule has 0 bridgehead atoms. The molecule has 7 nitrogen and oxygen atoms in total. The van der Waals surface area contributed by atoms with Crippen LogP contribution in [0.4, 0.5) is 0 Å². The molecule has 2 amide bonds. The van der Waals surface area contributed by atoms with E-state index < -0.39 is 0 Å². The highest BCUT2D eigenvalue weighted by atomic mass is 16.5. The average Bonchev–Trinajstić information content (AvgIpc) is 2.45. The first-order valence-corrected chi connectivity index (χ1v) is 6.83. The summed E-state index contributed by atoms with van der Waals surface area (Å²) < 4.78 is 5.28. The van der Waals surface area contributed by atoms with Crippen molar-refractivity contribution in [2.75, 3.05) is 52.5 Å². The normalized spacial score (nSPS) is 24.8. The van der Waals surface area contributed by atoms with Crippen molar-refractivity contribution in [1.82, 2.24) is 20.9 Å². The summed E-state index contributed by atoms with van der Waals surface area (Å²) in [7, 11) is 0. The number of amides is 2. The van der Waals surface area contributed by atoms with Gasteiger partial charge in [0, 0.05) is 26.2 Å². The standard InChI is InChI=1S/C12H22N4O3/c17-11-9-14-10(8-15-11)12(18)13-2-1-3-16-4-6-19-7-5-16/h10,14H,1-9H2,(H,13,18)(H,15,17). The van der Waals surface area contributed by atoms with Crippen LogP contribution in [0.1, 0.15) is 6.42 Å². The molecule has 0 spiro atoms. The number of piperazine rings is 1. The van der Waals surface area contributed by atoms with Crippen molar-refractivity contribution in [1.29, 1.82) is 0 Å². The van der Waals surface area contributed by atoms with Gasteiger partial charge < -0.3 is 15.4 Å². The molecule has 2 heterocycles. The van der Waals surface area contributed by atoms with Gasteiger partial charge in [0.2, 0.25) is 11.8 Å². The van der Waals surface area contributed by atoms with Gasteiger partial charge in [-0.15, -0.1) is 0 Å². The molecule has 2 fully saturated rings. The van der Waals surface area contributed by atoms with Gasteiger partial charge in [0.25, 0.3) is 0 Å². The number of ether oxygens (including phenoxy) is 1. The van der Waals surface area contributed by atoms with Gasteiger partial charge >= 0.3 is 0 Å². The summed E-state index contributed by atoms with van der Waals surface area (Å²) in [5, 5.41) is 8.47. The second-order valence-corrected chi connectivity index (χ2v) is 4.84. The van der Waals surface area contributed by atoms with Crippen molar-refractivity contribution in [2.45, 2.75) is 12.5 Å². The van der Waals surface area contributed by atoms with Crippen LogP contribution in [-0.2, 0) is 14.3 Å². The third-order valence-corrected chi connectivity index (χ3v) is 3.38. The van der Waals surface area contributed by atoms with Crippen LogP contribution in [0.5, 0.6) is 0 Å². The summed E-state index contributed by atoms with van der Waals surface area (Å²) in [6, 6.07) is -0.305. The van der Waals surface area contributed by atoms with E-state index in [1.54, 1.807) is 0 Å². The van der Waals surface area contributed by atoms with E-state index in [4.69, 9.17) is 4.74 Å². The predicted molar refractivity (Wildman–Crippen MR) is 69.7 cm³/mol. The Balaban J connectivity index is 1.54. The van der Waals surface area contributed by atoms with Gasteiger partial charge in [0.05, 0.1) is 19.8 Å². The molecule has 0 aromatic rings. The number of carbonyl (C=O) groups is 2. The third-order valence-electron chi connectivity index (χ3n) is 3.38. The maximum absolute atomic E-state index is 11.8. The molecule has 0 radical (unpaired) electrons. The van der Waals surface area contributed by atoms with E-state index in [2.05, 4.69) is 20.9 Å². The summed E-state index contributed by atoms with van der Waals surface area (Å²) in [6.45, 7) is 5.80. The number of morpholine rings is 1. The first-order chi connectivity index (χ1) is 9.25. The Bertz CT molecular complexity index is 308. The van der Waals surface area contributed by atoms with Gasteiger partial charge in [-0.3, -0.25) is 19.8 Å². The van der Waals surface area contributed by atoms with Crippen LogP contribution in [0.25, 0.3) is 0 Å². The Hall–Kier alpha value is -1.18. The largest absolute Gasteiger partial charge is 0.379 e. The highest BCUT2D eigenvalue weighted by Gasteiger charge is 2.23. The molecule has 0 aromatic carbocycles. The molecule has 7 heteroatoms. The summed E-state index contributed by atoms with van der Waals surface area (Å²) in [5.74, 6) is -0.0988. The highest BCUT2D eigenvalue weighted by Crippen LogP contribution is 1.97. The van der Waals surface area contributed by atoms with Crippen molar-refractivity contribution >= 4 is 11.8 Å². The number of rotatable bonds is 5. The molecule has 108 valence electrons. The zero-order valence-electron chi connectivity index (χ0n) is 11.1. The molecule has 2 aliphatic heterocycles. The van der Waals surface area contributed by atoms with E-state index >= 15 is 0 Å². The lowest BCUT2D eigenvalue weighted by Crippen LogP contribution is -2.58. The zero-order valence-corrected chi connectivity index (χ0v) is 11.1. The van der Waals surface area contributed by atoms with Crippen molar-refractivity contribution in [3.8, 4) is 0 Å². The lowest BCUT2D eigenvalue weighted by molar-refractivity contribution is -0.126. The van der Waals surface area contributed by atoms with Gasteiger partial charge in [-0.25, -0.2) is 0 Å². The molecule has 3 N–H and O–H groups in total. The summed E-state index contributed by atoms with van der Waals surface area (Å²) in [6.07, 6.45) is 0.935. The summed E-state index contributed by atoms with van der Waals surface area (Å²) >= 11 is 0. The van der Waals surface area contributed by atoms with Gasteiger partial charge in [-0.05, 0) is 13.0 Å². The number of nitrogens with zero attached hydrogens (tertiary/aromatic N) is 1. The molecular weight excluding hydrogens is 248 g/mol. The van der Waals surface area contributed by atoms with E-state index in [1.807, 2.05) is 0 Å². The fourth-order valence-corrected chi connectivity index (χ4v) is 2.21. The zero-order chi connectivity index (χ0) is 13.5. The first-order valence-electron chi connectivity index (χ1n) is 6.83. The SMILES string of the molecule is O=C1CNC(C(=O)NCCCN2CCOCC2)CN1. The topological polar surface area (TPSA) is 82.7 Å². The van der Waals surface area contributed by atoms with Crippen LogP contribution in [0.15, 0.2) is 0 Å². The smallest absolute Gasteiger partial charge is 0.238 e. The van der Waals surface area contributed by atoms with Crippen molar-refractivity contribution in [3.63, 3.8) is 0 Å². The minimum absolute atomic E-state index is 0.0398. The minimum Gasteiger partial charge on any atom is -0.379 e. The van der Waals surface area contributed by atoms with E-state index in [0.29, 0.717) is 13.1 Å². The van der Waals surface area contributed by atoms with E-state index in [0.717, 1.165) is 39.3 Å². The summed E-state index contributed by atoms with van der Waals surface area (Å²) in [5.41, 5.74) is 0. The third kappa shape index (κ3) is 4.77. The van der Waals surface area contributed by atoms with Crippen molar-refractivity contribution < 1.29 is 14.3 Å². The Morgan fingerprint density at radius 2 is 2.21 bits per heavy atom.